The third kappa shape index (κ3) is 5.35. The van der Waals surface area contributed by atoms with Gasteiger partial charge in [0.05, 0.1) is 10.6 Å². The summed E-state index contributed by atoms with van der Waals surface area (Å²) in [6.45, 7) is 2.46. The van der Waals surface area contributed by atoms with Crippen molar-refractivity contribution in [2.75, 3.05) is 38.5 Å². The van der Waals surface area contributed by atoms with Crippen molar-refractivity contribution < 1.29 is 17.6 Å². The number of nitrogens with zero attached hydrogens (tertiary/aromatic N) is 2. The van der Waals surface area contributed by atoms with Crippen LogP contribution in [-0.4, -0.2) is 62.0 Å². The average Bonchev–Trinajstić information content (AvgIpc) is 3.21. The molecule has 0 unspecified atom stereocenters. The van der Waals surface area contributed by atoms with Crippen LogP contribution < -0.4 is 5.32 Å². The number of hydrogen-bond donors (Lipinski definition) is 1. The Morgan fingerprint density at radius 1 is 1.19 bits per heavy atom. The first-order valence-electron chi connectivity index (χ1n) is 8.71. The SMILES string of the molecule is O=C(c1cccs1)N(CCS(=O)(=O)N1CCNCC1)Cc1ccc(F)cc1. The highest BCUT2D eigenvalue weighted by Gasteiger charge is 2.26. The summed E-state index contributed by atoms with van der Waals surface area (Å²) >= 11 is 1.31. The normalized spacial score (nSPS) is 15.6. The largest absolute Gasteiger partial charge is 0.333 e. The summed E-state index contributed by atoms with van der Waals surface area (Å²) in [6.07, 6.45) is 0. The molecule has 1 aliphatic rings. The van der Waals surface area contributed by atoms with E-state index in [4.69, 9.17) is 0 Å². The summed E-state index contributed by atoms with van der Waals surface area (Å²) < 4.78 is 39.8. The quantitative estimate of drug-likeness (QED) is 0.754. The van der Waals surface area contributed by atoms with E-state index in [0.717, 1.165) is 5.56 Å². The number of carbonyl (C=O) groups excluding carboxylic acids is 1. The third-order valence-corrected chi connectivity index (χ3v) is 7.10. The number of nitrogens with one attached hydrogen (secondary N) is 1. The third-order valence-electron chi connectivity index (χ3n) is 4.39. The lowest BCUT2D eigenvalue weighted by atomic mass is 10.2. The van der Waals surface area contributed by atoms with Crippen molar-refractivity contribution in [3.8, 4) is 0 Å². The fourth-order valence-electron chi connectivity index (χ4n) is 2.90. The van der Waals surface area contributed by atoms with Crippen LogP contribution in [0.25, 0.3) is 0 Å². The van der Waals surface area contributed by atoms with Gasteiger partial charge in [0.2, 0.25) is 10.0 Å². The lowest BCUT2D eigenvalue weighted by Crippen LogP contribution is -2.48. The molecule has 0 radical (unpaired) electrons. The maximum atomic E-state index is 13.1. The van der Waals surface area contributed by atoms with Gasteiger partial charge in [0.1, 0.15) is 5.82 Å². The van der Waals surface area contributed by atoms with E-state index in [1.54, 1.807) is 29.6 Å². The molecule has 0 bridgehead atoms. The van der Waals surface area contributed by atoms with Crippen molar-refractivity contribution in [2.45, 2.75) is 6.54 Å². The molecule has 1 fully saturated rings. The fourth-order valence-corrected chi connectivity index (χ4v) is 5.03. The molecule has 2 heterocycles. The van der Waals surface area contributed by atoms with Crippen LogP contribution in [0.15, 0.2) is 41.8 Å². The molecular weight excluding hydrogens is 389 g/mol. The van der Waals surface area contributed by atoms with Gasteiger partial charge in [-0.2, -0.15) is 4.31 Å². The lowest BCUT2D eigenvalue weighted by Gasteiger charge is -2.28. The Bertz CT molecular complexity index is 848. The van der Waals surface area contributed by atoms with Gasteiger partial charge in [-0.1, -0.05) is 18.2 Å². The molecule has 1 aromatic heterocycles. The summed E-state index contributed by atoms with van der Waals surface area (Å²) in [5.74, 6) is -0.702. The average molecular weight is 412 g/mol. The van der Waals surface area contributed by atoms with Crippen LogP contribution in [-0.2, 0) is 16.6 Å². The number of hydrogen-bond acceptors (Lipinski definition) is 5. The van der Waals surface area contributed by atoms with Crippen LogP contribution in [0.1, 0.15) is 15.2 Å². The topological polar surface area (TPSA) is 69.7 Å². The number of rotatable bonds is 7. The molecule has 27 heavy (non-hydrogen) atoms. The molecule has 0 spiro atoms. The van der Waals surface area contributed by atoms with Crippen molar-refractivity contribution in [1.82, 2.24) is 14.5 Å². The van der Waals surface area contributed by atoms with Gasteiger partial charge < -0.3 is 10.2 Å². The van der Waals surface area contributed by atoms with Crippen LogP contribution in [0, 0.1) is 5.82 Å². The molecule has 6 nitrogen and oxygen atoms in total. The smallest absolute Gasteiger partial charge is 0.264 e. The Balaban J connectivity index is 1.72. The standard InChI is InChI=1S/C18H22FN3O3S2/c19-16-5-3-15(4-6-16)14-21(18(23)17-2-1-12-26-17)11-13-27(24,25)22-9-7-20-8-10-22/h1-6,12,20H,7-11,13-14H2. The van der Waals surface area contributed by atoms with Crippen molar-refractivity contribution in [3.63, 3.8) is 0 Å². The monoisotopic (exact) mass is 411 g/mol. The Morgan fingerprint density at radius 3 is 2.52 bits per heavy atom. The minimum Gasteiger partial charge on any atom is -0.333 e. The molecule has 0 aliphatic carbocycles. The molecule has 1 N–H and O–H groups in total. The Labute approximate surface area is 162 Å². The molecule has 146 valence electrons. The second-order valence-electron chi connectivity index (χ2n) is 6.30. The summed E-state index contributed by atoms with van der Waals surface area (Å²) in [5, 5.41) is 4.93. The number of benzene rings is 1. The zero-order valence-corrected chi connectivity index (χ0v) is 16.4. The zero-order valence-electron chi connectivity index (χ0n) is 14.8. The minimum atomic E-state index is -3.44. The lowest BCUT2D eigenvalue weighted by molar-refractivity contribution is 0.0758. The van der Waals surface area contributed by atoms with E-state index in [1.807, 2.05) is 0 Å². The fraction of sp³-hybridized carbons (Fsp3) is 0.389. The van der Waals surface area contributed by atoms with Gasteiger partial charge in [-0.15, -0.1) is 11.3 Å². The van der Waals surface area contributed by atoms with Gasteiger partial charge >= 0.3 is 0 Å². The minimum absolute atomic E-state index is 0.0837. The number of amides is 1. The van der Waals surface area contributed by atoms with Gasteiger partial charge in [-0.3, -0.25) is 4.79 Å². The van der Waals surface area contributed by atoms with Crippen molar-refractivity contribution in [2.24, 2.45) is 0 Å². The molecule has 0 saturated carbocycles. The number of sulfonamides is 1. The summed E-state index contributed by atoms with van der Waals surface area (Å²) in [5.41, 5.74) is 0.751. The van der Waals surface area contributed by atoms with Crippen LogP contribution in [0.2, 0.25) is 0 Å². The molecule has 1 aromatic carbocycles. The van der Waals surface area contributed by atoms with Crippen LogP contribution in [0.3, 0.4) is 0 Å². The van der Waals surface area contributed by atoms with Gasteiger partial charge in [0.15, 0.2) is 0 Å². The molecule has 1 aliphatic heterocycles. The highest BCUT2D eigenvalue weighted by atomic mass is 32.2. The van der Waals surface area contributed by atoms with E-state index in [1.165, 1.54) is 32.7 Å². The molecule has 3 rings (SSSR count). The molecule has 9 heteroatoms. The van der Waals surface area contributed by atoms with E-state index in [9.17, 15) is 17.6 Å². The van der Waals surface area contributed by atoms with Crippen LogP contribution in [0.5, 0.6) is 0 Å². The molecule has 0 atom stereocenters. The van der Waals surface area contributed by atoms with E-state index in [0.29, 0.717) is 31.1 Å². The summed E-state index contributed by atoms with van der Waals surface area (Å²) in [7, 11) is -3.44. The van der Waals surface area contributed by atoms with Gasteiger partial charge in [-0.25, -0.2) is 12.8 Å². The highest BCUT2D eigenvalue weighted by Crippen LogP contribution is 2.16. The van der Waals surface area contributed by atoms with Gasteiger partial charge in [-0.05, 0) is 29.1 Å². The number of thiophene rings is 1. The van der Waals surface area contributed by atoms with E-state index >= 15 is 0 Å². The number of halogens is 1. The van der Waals surface area contributed by atoms with Gasteiger partial charge in [0, 0.05) is 39.3 Å². The van der Waals surface area contributed by atoms with Crippen LogP contribution >= 0.6 is 11.3 Å². The molecule has 1 saturated heterocycles. The molecule has 2 aromatic rings. The van der Waals surface area contributed by atoms with Crippen molar-refractivity contribution >= 4 is 27.3 Å². The Morgan fingerprint density at radius 2 is 1.89 bits per heavy atom. The first-order chi connectivity index (χ1) is 13.0. The number of carbonyl (C=O) groups is 1. The predicted octanol–water partition coefficient (Wildman–Crippen LogP) is 1.76. The van der Waals surface area contributed by atoms with Crippen LogP contribution in [0.4, 0.5) is 4.39 Å². The summed E-state index contributed by atoms with van der Waals surface area (Å²) in [6, 6.07) is 9.38. The van der Waals surface area contributed by atoms with E-state index in [-0.39, 0.29) is 30.6 Å². The second kappa shape index (κ2) is 8.92. The van der Waals surface area contributed by atoms with Crippen molar-refractivity contribution in [1.29, 1.82) is 0 Å². The summed E-state index contributed by atoms with van der Waals surface area (Å²) in [4.78, 5) is 14.9. The van der Waals surface area contributed by atoms with Gasteiger partial charge in [0.25, 0.3) is 5.91 Å². The maximum Gasteiger partial charge on any atom is 0.264 e. The van der Waals surface area contributed by atoms with Crippen molar-refractivity contribution in [3.05, 3.63) is 58.0 Å². The second-order valence-corrected chi connectivity index (χ2v) is 9.33. The van der Waals surface area contributed by atoms with E-state index < -0.39 is 10.0 Å². The predicted molar refractivity (Wildman–Crippen MR) is 104 cm³/mol. The maximum absolute atomic E-state index is 13.1. The Hall–Kier alpha value is -1.81. The molecular formula is C18H22FN3O3S2. The zero-order chi connectivity index (χ0) is 19.3. The number of piperazine rings is 1. The Kier molecular flexibility index (Phi) is 6.59. The highest BCUT2D eigenvalue weighted by molar-refractivity contribution is 7.89. The van der Waals surface area contributed by atoms with E-state index in [2.05, 4.69) is 5.32 Å². The molecule has 1 amide bonds. The first-order valence-corrected chi connectivity index (χ1v) is 11.2. The first kappa shape index (κ1) is 19.9.